The number of amides is 1. The number of rotatable bonds is 3. The minimum Gasteiger partial charge on any atom is -0.349 e. The van der Waals surface area contributed by atoms with Gasteiger partial charge in [0.05, 0.1) is 11.4 Å². The van der Waals surface area contributed by atoms with Gasteiger partial charge in [-0.1, -0.05) is 11.6 Å². The Morgan fingerprint density at radius 1 is 1.50 bits per heavy atom. The van der Waals surface area contributed by atoms with Crippen LogP contribution in [0.1, 0.15) is 23.7 Å². The van der Waals surface area contributed by atoms with E-state index in [2.05, 4.69) is 5.32 Å². The van der Waals surface area contributed by atoms with Crippen LogP contribution >= 0.6 is 34.2 Å². The zero-order valence-corrected chi connectivity index (χ0v) is 12.2. The quantitative estimate of drug-likeness (QED) is 0.775. The molecule has 0 aliphatic carbocycles. The molecular weight excluding hydrogens is 381 g/mol. The van der Waals surface area contributed by atoms with Crippen molar-refractivity contribution >= 4 is 40.1 Å². The van der Waals surface area contributed by atoms with Crippen LogP contribution in [0.25, 0.3) is 0 Å². The first-order valence-electron chi connectivity index (χ1n) is 5.01. The summed E-state index contributed by atoms with van der Waals surface area (Å²) in [5.41, 5.74) is 0.245. The molecule has 0 saturated carbocycles. The number of hydrogen-bond donors (Lipinski definition) is 1. The van der Waals surface area contributed by atoms with Crippen LogP contribution < -0.4 is 5.32 Å². The van der Waals surface area contributed by atoms with Crippen molar-refractivity contribution < 1.29 is 18.0 Å². The molecule has 100 valence electrons. The predicted molar refractivity (Wildman–Crippen MR) is 71.8 cm³/mol. The molecule has 0 fully saturated rings. The Balaban J connectivity index is 2.68. The average Bonchev–Trinajstić information content (AvgIpc) is 2.18. The van der Waals surface area contributed by atoms with Crippen molar-refractivity contribution in [3.63, 3.8) is 0 Å². The zero-order valence-electron chi connectivity index (χ0n) is 9.31. The smallest absolute Gasteiger partial charge is 0.349 e. The lowest BCUT2D eigenvalue weighted by Gasteiger charge is -2.15. The summed E-state index contributed by atoms with van der Waals surface area (Å²) < 4.78 is 37.1. The molecule has 0 bridgehead atoms. The van der Waals surface area contributed by atoms with E-state index in [9.17, 15) is 18.0 Å². The number of alkyl halides is 3. The molecule has 1 amide bonds. The summed E-state index contributed by atoms with van der Waals surface area (Å²) in [5.74, 6) is -0.565. The van der Waals surface area contributed by atoms with Crippen LogP contribution in [0.5, 0.6) is 0 Å². The molecule has 1 aromatic carbocycles. The van der Waals surface area contributed by atoms with Crippen molar-refractivity contribution in [3.05, 3.63) is 32.4 Å². The number of carbonyl (C=O) groups is 1. The van der Waals surface area contributed by atoms with Crippen molar-refractivity contribution in [2.24, 2.45) is 0 Å². The van der Waals surface area contributed by atoms with Crippen molar-refractivity contribution in [1.29, 1.82) is 0 Å². The summed E-state index contributed by atoms with van der Waals surface area (Å²) in [4.78, 5) is 11.7. The Hall–Kier alpha value is -0.500. The molecule has 0 heterocycles. The fraction of sp³-hybridized carbons (Fsp3) is 0.364. The lowest BCUT2D eigenvalue weighted by molar-refractivity contribution is -0.138. The van der Waals surface area contributed by atoms with Crippen LogP contribution in [0.4, 0.5) is 13.2 Å². The van der Waals surface area contributed by atoms with Gasteiger partial charge in [0.25, 0.3) is 5.91 Å². The summed E-state index contributed by atoms with van der Waals surface area (Å²) in [5, 5.41) is 2.67. The average molecular weight is 392 g/mol. The Morgan fingerprint density at radius 2 is 2.11 bits per heavy atom. The second kappa shape index (κ2) is 6.10. The summed E-state index contributed by atoms with van der Waals surface area (Å²) in [7, 11) is 0. The van der Waals surface area contributed by atoms with Gasteiger partial charge in [-0.2, -0.15) is 13.2 Å². The first-order valence-corrected chi connectivity index (χ1v) is 6.47. The molecule has 1 aromatic rings. The molecular formula is C11H10ClF3INO. The SMILES string of the molecule is CC(CC(F)(F)F)NC(=O)c1ccc(I)c(Cl)c1. The van der Waals surface area contributed by atoms with Crippen molar-refractivity contribution in [2.75, 3.05) is 0 Å². The second-order valence-corrected chi connectivity index (χ2v) is 5.39. The van der Waals surface area contributed by atoms with Crippen LogP contribution in [0.3, 0.4) is 0 Å². The number of halogens is 5. The van der Waals surface area contributed by atoms with E-state index in [-0.39, 0.29) is 5.56 Å². The topological polar surface area (TPSA) is 29.1 Å². The largest absolute Gasteiger partial charge is 0.391 e. The van der Waals surface area contributed by atoms with Gasteiger partial charge < -0.3 is 5.32 Å². The van der Waals surface area contributed by atoms with Crippen molar-refractivity contribution in [3.8, 4) is 0 Å². The molecule has 0 saturated heterocycles. The molecule has 0 aliphatic rings. The van der Waals surface area contributed by atoms with E-state index in [1.165, 1.54) is 19.1 Å². The van der Waals surface area contributed by atoms with E-state index in [1.807, 2.05) is 22.6 Å². The minimum absolute atomic E-state index is 0.245. The van der Waals surface area contributed by atoms with Gasteiger partial charge in [-0.05, 0) is 47.7 Å². The molecule has 1 atom stereocenters. The van der Waals surface area contributed by atoms with Gasteiger partial charge in [0.15, 0.2) is 0 Å². The lowest BCUT2D eigenvalue weighted by Crippen LogP contribution is -2.35. The molecule has 7 heteroatoms. The fourth-order valence-corrected chi connectivity index (χ4v) is 1.86. The molecule has 1 unspecified atom stereocenters. The number of carbonyl (C=O) groups excluding carboxylic acids is 1. The monoisotopic (exact) mass is 391 g/mol. The third kappa shape index (κ3) is 5.01. The normalized spacial score (nSPS) is 13.2. The highest BCUT2D eigenvalue weighted by atomic mass is 127. The van der Waals surface area contributed by atoms with Gasteiger partial charge >= 0.3 is 6.18 Å². The summed E-state index contributed by atoms with van der Waals surface area (Å²) >= 11 is 7.83. The van der Waals surface area contributed by atoms with Gasteiger partial charge in [0.2, 0.25) is 0 Å². The maximum atomic E-state index is 12.1. The summed E-state index contributed by atoms with van der Waals surface area (Å²) in [6.07, 6.45) is -5.35. The second-order valence-electron chi connectivity index (χ2n) is 3.82. The maximum absolute atomic E-state index is 12.1. The number of nitrogens with one attached hydrogen (secondary N) is 1. The van der Waals surface area contributed by atoms with Gasteiger partial charge in [-0.15, -0.1) is 0 Å². The third-order valence-corrected chi connectivity index (χ3v) is 3.67. The van der Waals surface area contributed by atoms with E-state index in [1.54, 1.807) is 6.07 Å². The van der Waals surface area contributed by atoms with E-state index >= 15 is 0 Å². The highest BCUT2D eigenvalue weighted by molar-refractivity contribution is 14.1. The highest BCUT2D eigenvalue weighted by Crippen LogP contribution is 2.22. The van der Waals surface area contributed by atoms with Crippen molar-refractivity contribution in [2.45, 2.75) is 25.6 Å². The summed E-state index contributed by atoms with van der Waals surface area (Å²) in [6.45, 7) is 1.31. The molecule has 1 rings (SSSR count). The van der Waals surface area contributed by atoms with Gasteiger partial charge in [-0.25, -0.2) is 0 Å². The third-order valence-electron chi connectivity index (χ3n) is 2.10. The number of hydrogen-bond acceptors (Lipinski definition) is 1. The Bertz CT molecular complexity index is 450. The maximum Gasteiger partial charge on any atom is 0.391 e. The van der Waals surface area contributed by atoms with Crippen LogP contribution in [0.15, 0.2) is 18.2 Å². The van der Waals surface area contributed by atoms with Gasteiger partial charge in [-0.3, -0.25) is 4.79 Å². The zero-order chi connectivity index (χ0) is 13.9. The van der Waals surface area contributed by atoms with E-state index in [4.69, 9.17) is 11.6 Å². The summed E-state index contributed by atoms with van der Waals surface area (Å²) in [6, 6.07) is 3.60. The molecule has 18 heavy (non-hydrogen) atoms. The van der Waals surface area contributed by atoms with Crippen LogP contribution in [-0.2, 0) is 0 Å². The Labute approximate surface area is 121 Å². The predicted octanol–water partition coefficient (Wildman–Crippen LogP) is 4.02. The molecule has 0 aliphatic heterocycles. The standard InChI is InChI=1S/C11H10ClF3INO/c1-6(5-11(13,14)15)17-10(18)7-2-3-9(16)8(12)4-7/h2-4,6H,5H2,1H3,(H,17,18). The van der Waals surface area contributed by atoms with Crippen LogP contribution in [0, 0.1) is 3.57 Å². The highest BCUT2D eigenvalue weighted by Gasteiger charge is 2.30. The van der Waals surface area contributed by atoms with E-state index < -0.39 is 24.5 Å². The molecule has 2 nitrogen and oxygen atoms in total. The first kappa shape index (κ1) is 15.6. The molecule has 0 spiro atoms. The Kier molecular flexibility index (Phi) is 5.27. The number of benzene rings is 1. The first-order chi connectivity index (χ1) is 8.19. The fourth-order valence-electron chi connectivity index (χ4n) is 1.34. The lowest BCUT2D eigenvalue weighted by atomic mass is 10.2. The Morgan fingerprint density at radius 3 is 2.61 bits per heavy atom. The van der Waals surface area contributed by atoms with Crippen LogP contribution in [0.2, 0.25) is 5.02 Å². The van der Waals surface area contributed by atoms with Gasteiger partial charge in [0, 0.05) is 15.2 Å². The molecule has 0 radical (unpaired) electrons. The van der Waals surface area contributed by atoms with Crippen molar-refractivity contribution in [1.82, 2.24) is 5.32 Å². The van der Waals surface area contributed by atoms with E-state index in [0.29, 0.717) is 5.02 Å². The van der Waals surface area contributed by atoms with Gasteiger partial charge in [0.1, 0.15) is 0 Å². The molecule has 0 aromatic heterocycles. The minimum atomic E-state index is -4.30. The van der Waals surface area contributed by atoms with Crippen LogP contribution in [-0.4, -0.2) is 18.1 Å². The molecule has 1 N–H and O–H groups in total. The van der Waals surface area contributed by atoms with E-state index in [0.717, 1.165) is 3.57 Å².